The average molecular weight is 323 g/mol. The second-order valence-electron chi connectivity index (χ2n) is 6.59. The van der Waals surface area contributed by atoms with Crippen molar-refractivity contribution >= 4 is 27.7 Å². The van der Waals surface area contributed by atoms with E-state index in [9.17, 15) is 9.59 Å². The third kappa shape index (κ3) is 2.90. The molecule has 0 unspecified atom stereocenters. The first-order valence-corrected chi connectivity index (χ1v) is 7.94. The molecule has 0 fully saturated rings. The Balaban J connectivity index is 2.17. The fourth-order valence-corrected chi connectivity index (χ4v) is 2.86. The van der Waals surface area contributed by atoms with E-state index in [-0.39, 0.29) is 17.9 Å². The molecule has 2 aromatic carbocycles. The Bertz CT molecular complexity index is 913. The molecule has 0 aliphatic rings. The number of carbonyl (C=O) groups is 1. The summed E-state index contributed by atoms with van der Waals surface area (Å²) in [5.74, 6) is -0.135. The highest BCUT2D eigenvalue weighted by Gasteiger charge is 2.19. The molecular formula is C19H21N3O2. The standard InChI is InChI=1S/C19H21N3O2/c1-19(2,12-20)21-17(23)11-22-15-9-5-3-7-13(15)18(24)14-8-4-6-10-16(14)22/h3-10H,11-12,20H2,1-2H3,(H,21,23). The van der Waals surface area contributed by atoms with Crippen LogP contribution in [0.25, 0.3) is 21.8 Å². The van der Waals surface area contributed by atoms with Gasteiger partial charge in [0.05, 0.1) is 11.0 Å². The lowest BCUT2D eigenvalue weighted by Crippen LogP contribution is -2.49. The lowest BCUT2D eigenvalue weighted by atomic mass is 10.1. The van der Waals surface area contributed by atoms with Crippen molar-refractivity contribution in [1.29, 1.82) is 0 Å². The number of rotatable bonds is 4. The predicted molar refractivity (Wildman–Crippen MR) is 97.0 cm³/mol. The number of amides is 1. The second-order valence-corrected chi connectivity index (χ2v) is 6.59. The largest absolute Gasteiger partial charge is 0.348 e. The Kier molecular flexibility index (Phi) is 4.11. The summed E-state index contributed by atoms with van der Waals surface area (Å²) < 4.78 is 1.88. The van der Waals surface area contributed by atoms with Crippen molar-refractivity contribution in [2.45, 2.75) is 25.9 Å². The summed E-state index contributed by atoms with van der Waals surface area (Å²) in [4.78, 5) is 25.2. The number of nitrogens with zero attached hydrogens (tertiary/aromatic N) is 1. The van der Waals surface area contributed by atoms with E-state index in [0.717, 1.165) is 11.0 Å². The number of para-hydroxylation sites is 2. The summed E-state index contributed by atoms with van der Waals surface area (Å²) >= 11 is 0. The molecule has 1 aromatic heterocycles. The number of hydrogen-bond acceptors (Lipinski definition) is 3. The molecule has 0 radical (unpaired) electrons. The fraction of sp³-hybridized carbons (Fsp3) is 0.263. The highest BCUT2D eigenvalue weighted by Crippen LogP contribution is 2.19. The summed E-state index contributed by atoms with van der Waals surface area (Å²) in [6, 6.07) is 14.7. The Labute approximate surface area is 140 Å². The molecule has 1 amide bonds. The van der Waals surface area contributed by atoms with Gasteiger partial charge in [-0.1, -0.05) is 24.3 Å². The quantitative estimate of drug-likeness (QED) is 0.721. The topological polar surface area (TPSA) is 77.1 Å². The molecule has 0 aliphatic heterocycles. The van der Waals surface area contributed by atoms with Gasteiger partial charge in [-0.3, -0.25) is 9.59 Å². The minimum atomic E-state index is -0.471. The lowest BCUT2D eigenvalue weighted by Gasteiger charge is -2.25. The van der Waals surface area contributed by atoms with Crippen molar-refractivity contribution in [2.24, 2.45) is 5.73 Å². The highest BCUT2D eigenvalue weighted by atomic mass is 16.2. The van der Waals surface area contributed by atoms with Crippen LogP contribution < -0.4 is 16.5 Å². The van der Waals surface area contributed by atoms with E-state index < -0.39 is 5.54 Å². The van der Waals surface area contributed by atoms with Crippen molar-refractivity contribution in [1.82, 2.24) is 9.88 Å². The maximum Gasteiger partial charge on any atom is 0.240 e. The van der Waals surface area contributed by atoms with Gasteiger partial charge in [0.2, 0.25) is 5.91 Å². The van der Waals surface area contributed by atoms with Crippen LogP contribution >= 0.6 is 0 Å². The number of nitrogens with one attached hydrogen (secondary N) is 1. The SMILES string of the molecule is CC(C)(CN)NC(=O)Cn1c2ccccc2c(=O)c2ccccc21. The van der Waals surface area contributed by atoms with Gasteiger partial charge in [0.15, 0.2) is 5.43 Å². The Morgan fingerprint density at radius 1 is 1.04 bits per heavy atom. The highest BCUT2D eigenvalue weighted by molar-refractivity contribution is 5.94. The number of nitrogens with two attached hydrogens (primary N) is 1. The monoisotopic (exact) mass is 323 g/mol. The second kappa shape index (κ2) is 6.09. The molecule has 3 rings (SSSR count). The van der Waals surface area contributed by atoms with E-state index in [1.807, 2.05) is 54.8 Å². The summed E-state index contributed by atoms with van der Waals surface area (Å²) in [6.45, 7) is 4.24. The normalized spacial score (nSPS) is 11.8. The van der Waals surface area contributed by atoms with Gasteiger partial charge in [0.25, 0.3) is 0 Å². The summed E-state index contributed by atoms with van der Waals surface area (Å²) in [5.41, 5.74) is 6.71. The predicted octanol–water partition coefficient (Wildman–Crippen LogP) is 2.01. The zero-order valence-electron chi connectivity index (χ0n) is 13.9. The molecule has 3 N–H and O–H groups in total. The molecule has 124 valence electrons. The third-order valence-corrected chi connectivity index (χ3v) is 4.17. The number of carbonyl (C=O) groups excluding carboxylic acids is 1. The third-order valence-electron chi connectivity index (χ3n) is 4.17. The fourth-order valence-electron chi connectivity index (χ4n) is 2.86. The minimum absolute atomic E-state index is 0.0138. The molecule has 0 atom stereocenters. The minimum Gasteiger partial charge on any atom is -0.348 e. The molecule has 24 heavy (non-hydrogen) atoms. The van der Waals surface area contributed by atoms with Crippen LogP contribution in [0.3, 0.4) is 0 Å². The van der Waals surface area contributed by atoms with Crippen molar-refractivity contribution in [3.05, 3.63) is 58.8 Å². The molecular weight excluding hydrogens is 302 g/mol. The van der Waals surface area contributed by atoms with Crippen LogP contribution in [0.1, 0.15) is 13.8 Å². The van der Waals surface area contributed by atoms with Gasteiger partial charge in [-0.25, -0.2) is 0 Å². The van der Waals surface area contributed by atoms with Crippen molar-refractivity contribution in [3.63, 3.8) is 0 Å². The van der Waals surface area contributed by atoms with E-state index >= 15 is 0 Å². The first-order valence-electron chi connectivity index (χ1n) is 7.94. The summed E-state index contributed by atoms with van der Waals surface area (Å²) in [7, 11) is 0. The number of hydrogen-bond donors (Lipinski definition) is 2. The van der Waals surface area contributed by atoms with Crippen molar-refractivity contribution < 1.29 is 4.79 Å². The zero-order valence-corrected chi connectivity index (χ0v) is 13.9. The smallest absolute Gasteiger partial charge is 0.240 e. The molecule has 1 heterocycles. The van der Waals surface area contributed by atoms with Crippen LogP contribution in [-0.4, -0.2) is 22.6 Å². The molecule has 0 saturated carbocycles. The molecule has 0 aliphatic carbocycles. The lowest BCUT2D eigenvalue weighted by molar-refractivity contribution is -0.123. The molecule has 3 aromatic rings. The van der Waals surface area contributed by atoms with Crippen molar-refractivity contribution in [2.75, 3.05) is 6.54 Å². The first-order chi connectivity index (χ1) is 11.4. The Hall–Kier alpha value is -2.66. The first kappa shape index (κ1) is 16.2. The van der Waals surface area contributed by atoms with Crippen LogP contribution in [-0.2, 0) is 11.3 Å². The van der Waals surface area contributed by atoms with Gasteiger partial charge < -0.3 is 15.6 Å². The van der Waals surface area contributed by atoms with Gasteiger partial charge in [-0.05, 0) is 38.1 Å². The molecule has 0 saturated heterocycles. The van der Waals surface area contributed by atoms with Crippen LogP contribution in [0, 0.1) is 0 Å². The van der Waals surface area contributed by atoms with Crippen molar-refractivity contribution in [3.8, 4) is 0 Å². The molecule has 0 bridgehead atoms. The van der Waals surface area contributed by atoms with Crippen LogP contribution in [0.15, 0.2) is 53.3 Å². The van der Waals surface area contributed by atoms with Crippen LogP contribution in [0.5, 0.6) is 0 Å². The van der Waals surface area contributed by atoms with Gasteiger partial charge in [-0.2, -0.15) is 0 Å². The van der Waals surface area contributed by atoms with E-state index in [0.29, 0.717) is 17.3 Å². The Morgan fingerprint density at radius 3 is 2.04 bits per heavy atom. The van der Waals surface area contributed by atoms with E-state index in [1.54, 1.807) is 12.1 Å². The van der Waals surface area contributed by atoms with Gasteiger partial charge in [0.1, 0.15) is 6.54 Å². The Morgan fingerprint density at radius 2 is 1.54 bits per heavy atom. The van der Waals surface area contributed by atoms with E-state index in [4.69, 9.17) is 5.73 Å². The summed E-state index contributed by atoms with van der Waals surface area (Å²) in [5, 5.41) is 4.16. The maximum absolute atomic E-state index is 12.7. The van der Waals surface area contributed by atoms with Crippen LogP contribution in [0.2, 0.25) is 0 Å². The summed E-state index contributed by atoms with van der Waals surface area (Å²) in [6.07, 6.45) is 0. The number of fused-ring (bicyclic) bond motifs is 2. The zero-order chi connectivity index (χ0) is 17.3. The van der Waals surface area contributed by atoms with Gasteiger partial charge >= 0.3 is 0 Å². The van der Waals surface area contributed by atoms with Gasteiger partial charge in [-0.15, -0.1) is 0 Å². The number of aromatic nitrogens is 1. The van der Waals surface area contributed by atoms with Gasteiger partial charge in [0, 0.05) is 22.9 Å². The molecule has 5 nitrogen and oxygen atoms in total. The number of benzene rings is 2. The average Bonchev–Trinajstić information content (AvgIpc) is 2.58. The maximum atomic E-state index is 12.7. The molecule has 5 heteroatoms. The molecule has 0 spiro atoms. The van der Waals surface area contributed by atoms with E-state index in [2.05, 4.69) is 5.32 Å². The van der Waals surface area contributed by atoms with Crippen LogP contribution in [0.4, 0.5) is 0 Å². The van der Waals surface area contributed by atoms with E-state index in [1.165, 1.54) is 0 Å². The number of pyridine rings is 1.